The Hall–Kier alpha value is -3.35. The zero-order chi connectivity index (χ0) is 22.1. The van der Waals surface area contributed by atoms with Gasteiger partial charge in [0.1, 0.15) is 5.75 Å². The van der Waals surface area contributed by atoms with Crippen molar-refractivity contribution in [2.24, 2.45) is 0 Å². The quantitative estimate of drug-likeness (QED) is 0.575. The van der Waals surface area contributed by atoms with Gasteiger partial charge in [-0.3, -0.25) is 14.4 Å². The molecule has 1 aliphatic rings. The van der Waals surface area contributed by atoms with Crippen LogP contribution in [0, 0.1) is 0 Å². The lowest BCUT2D eigenvalue weighted by molar-refractivity contribution is -0.121. The Morgan fingerprint density at radius 2 is 1.84 bits per heavy atom. The number of rotatable bonds is 10. The van der Waals surface area contributed by atoms with Gasteiger partial charge in [-0.05, 0) is 49.6 Å². The zero-order valence-electron chi connectivity index (χ0n) is 17.9. The second-order valence-electron chi connectivity index (χ2n) is 7.38. The number of carbonyl (C=O) groups is 3. The molecule has 0 bridgehead atoms. The lowest BCUT2D eigenvalue weighted by Crippen LogP contribution is -2.27. The van der Waals surface area contributed by atoms with E-state index in [1.165, 1.54) is 0 Å². The highest BCUT2D eigenvalue weighted by Gasteiger charge is 2.21. The van der Waals surface area contributed by atoms with E-state index in [2.05, 4.69) is 10.6 Å². The topological polar surface area (TPSA) is 87.7 Å². The molecule has 0 aromatic heterocycles. The third kappa shape index (κ3) is 6.31. The Labute approximate surface area is 182 Å². The van der Waals surface area contributed by atoms with Crippen molar-refractivity contribution in [2.75, 3.05) is 24.6 Å². The van der Waals surface area contributed by atoms with E-state index in [0.29, 0.717) is 50.3 Å². The average molecular weight is 424 g/mol. The van der Waals surface area contributed by atoms with E-state index in [9.17, 15) is 14.4 Å². The molecule has 0 spiro atoms. The minimum atomic E-state index is -0.207. The monoisotopic (exact) mass is 423 g/mol. The van der Waals surface area contributed by atoms with Gasteiger partial charge in [-0.2, -0.15) is 0 Å². The molecule has 0 saturated carbocycles. The molecule has 0 radical (unpaired) electrons. The Balaban J connectivity index is 1.36. The minimum absolute atomic E-state index is 0.0669. The maximum atomic E-state index is 12.3. The fourth-order valence-electron chi connectivity index (χ4n) is 3.49. The van der Waals surface area contributed by atoms with Gasteiger partial charge in [0.25, 0.3) is 5.91 Å². The van der Waals surface area contributed by atoms with Crippen LogP contribution in [0.4, 0.5) is 5.69 Å². The largest absolute Gasteiger partial charge is 0.493 e. The fourth-order valence-corrected chi connectivity index (χ4v) is 3.49. The normalized spacial score (nSPS) is 13.2. The van der Waals surface area contributed by atoms with Gasteiger partial charge in [0.05, 0.1) is 12.2 Å². The number of anilines is 1. The van der Waals surface area contributed by atoms with Crippen LogP contribution in [-0.2, 0) is 16.1 Å². The molecule has 2 aromatic carbocycles. The van der Waals surface area contributed by atoms with Gasteiger partial charge in [0.2, 0.25) is 11.8 Å². The second kappa shape index (κ2) is 11.2. The molecular formula is C24H29N3O4. The van der Waals surface area contributed by atoms with E-state index in [1.807, 2.05) is 37.3 Å². The number of ether oxygens (including phenoxy) is 1. The first-order valence-electron chi connectivity index (χ1n) is 10.7. The van der Waals surface area contributed by atoms with Crippen molar-refractivity contribution in [1.82, 2.24) is 10.6 Å². The average Bonchev–Trinajstić information content (AvgIpc) is 3.22. The fraction of sp³-hybridized carbons (Fsp3) is 0.375. The first-order chi connectivity index (χ1) is 15.1. The number of carbonyl (C=O) groups excluding carboxylic acids is 3. The lowest BCUT2D eigenvalue weighted by Gasteiger charge is -2.16. The number of amides is 3. The molecule has 164 valence electrons. The molecule has 1 fully saturated rings. The van der Waals surface area contributed by atoms with Crippen molar-refractivity contribution >= 4 is 23.4 Å². The Bertz CT molecular complexity index is 911. The summed E-state index contributed by atoms with van der Waals surface area (Å²) in [5, 5.41) is 5.72. The van der Waals surface area contributed by atoms with Crippen LogP contribution < -0.4 is 20.3 Å². The minimum Gasteiger partial charge on any atom is -0.493 e. The summed E-state index contributed by atoms with van der Waals surface area (Å²) in [4.78, 5) is 38.0. The van der Waals surface area contributed by atoms with Gasteiger partial charge in [-0.15, -0.1) is 0 Å². The van der Waals surface area contributed by atoms with Crippen LogP contribution in [0.5, 0.6) is 5.75 Å². The molecule has 31 heavy (non-hydrogen) atoms. The third-order valence-corrected chi connectivity index (χ3v) is 5.11. The smallest absolute Gasteiger partial charge is 0.255 e. The van der Waals surface area contributed by atoms with Gasteiger partial charge >= 0.3 is 0 Å². The predicted octanol–water partition coefficient (Wildman–Crippen LogP) is 3.04. The van der Waals surface area contributed by atoms with Crippen molar-refractivity contribution in [2.45, 2.75) is 39.2 Å². The molecule has 7 nitrogen and oxygen atoms in total. The molecule has 1 saturated heterocycles. The molecule has 1 aliphatic heterocycles. The van der Waals surface area contributed by atoms with Crippen molar-refractivity contribution < 1.29 is 19.1 Å². The number of benzene rings is 2. The predicted molar refractivity (Wildman–Crippen MR) is 119 cm³/mol. The van der Waals surface area contributed by atoms with Gasteiger partial charge in [0, 0.05) is 38.2 Å². The highest BCUT2D eigenvalue weighted by Crippen LogP contribution is 2.21. The first-order valence-corrected chi connectivity index (χ1v) is 10.7. The van der Waals surface area contributed by atoms with Crippen molar-refractivity contribution in [3.8, 4) is 5.75 Å². The molecule has 3 amide bonds. The Kier molecular flexibility index (Phi) is 8.04. The maximum Gasteiger partial charge on any atom is 0.255 e. The van der Waals surface area contributed by atoms with E-state index in [1.54, 1.807) is 23.1 Å². The highest BCUT2D eigenvalue weighted by atomic mass is 16.5. The summed E-state index contributed by atoms with van der Waals surface area (Å²) in [5.74, 6) is 0.443. The summed E-state index contributed by atoms with van der Waals surface area (Å²) in [7, 11) is 0. The summed E-state index contributed by atoms with van der Waals surface area (Å²) in [6, 6.07) is 14.8. The summed E-state index contributed by atoms with van der Waals surface area (Å²) < 4.78 is 5.47. The molecule has 0 aliphatic carbocycles. The standard InChI is InChI=1S/C24H29N3O4/c1-2-31-21-8-4-3-7-20(21)24(30)25-15-5-9-22(28)26-17-18-11-13-19(14-12-18)27-16-6-10-23(27)29/h3-4,7-8,11-14H,2,5-6,9-10,15-17H2,1H3,(H,25,30)(H,26,28). The Morgan fingerprint density at radius 1 is 1.06 bits per heavy atom. The molecule has 3 rings (SSSR count). The summed E-state index contributed by atoms with van der Waals surface area (Å²) in [6.45, 7) is 3.97. The number of nitrogens with one attached hydrogen (secondary N) is 2. The molecule has 2 N–H and O–H groups in total. The van der Waals surface area contributed by atoms with Crippen molar-refractivity contribution in [1.29, 1.82) is 0 Å². The van der Waals surface area contributed by atoms with E-state index >= 15 is 0 Å². The first kappa shape index (κ1) is 22.3. The van der Waals surface area contributed by atoms with Crippen LogP contribution in [0.3, 0.4) is 0 Å². The van der Waals surface area contributed by atoms with Gasteiger partial charge in [-0.1, -0.05) is 24.3 Å². The number of nitrogens with zero attached hydrogens (tertiary/aromatic N) is 1. The van der Waals surface area contributed by atoms with Gasteiger partial charge in [0.15, 0.2) is 0 Å². The van der Waals surface area contributed by atoms with Crippen LogP contribution in [0.2, 0.25) is 0 Å². The molecular weight excluding hydrogens is 394 g/mol. The number of hydrogen-bond donors (Lipinski definition) is 2. The maximum absolute atomic E-state index is 12.3. The van der Waals surface area contributed by atoms with E-state index in [4.69, 9.17) is 4.74 Å². The van der Waals surface area contributed by atoms with Crippen LogP contribution in [0.15, 0.2) is 48.5 Å². The van der Waals surface area contributed by atoms with Gasteiger partial charge in [-0.25, -0.2) is 0 Å². The van der Waals surface area contributed by atoms with Crippen LogP contribution in [-0.4, -0.2) is 37.4 Å². The van der Waals surface area contributed by atoms with Crippen LogP contribution in [0.1, 0.15) is 48.5 Å². The van der Waals surface area contributed by atoms with Crippen molar-refractivity contribution in [3.05, 3.63) is 59.7 Å². The SMILES string of the molecule is CCOc1ccccc1C(=O)NCCCC(=O)NCc1ccc(N2CCCC2=O)cc1. The third-order valence-electron chi connectivity index (χ3n) is 5.11. The van der Waals surface area contributed by atoms with E-state index in [-0.39, 0.29) is 17.7 Å². The summed E-state index contributed by atoms with van der Waals surface area (Å²) in [6.07, 6.45) is 2.38. The molecule has 1 heterocycles. The number of para-hydroxylation sites is 1. The zero-order valence-corrected chi connectivity index (χ0v) is 17.9. The van der Waals surface area contributed by atoms with Crippen LogP contribution >= 0.6 is 0 Å². The summed E-state index contributed by atoms with van der Waals surface area (Å²) >= 11 is 0. The molecule has 2 aromatic rings. The van der Waals surface area contributed by atoms with E-state index in [0.717, 1.165) is 24.2 Å². The number of hydrogen-bond acceptors (Lipinski definition) is 4. The van der Waals surface area contributed by atoms with Gasteiger partial charge < -0.3 is 20.3 Å². The van der Waals surface area contributed by atoms with Crippen LogP contribution in [0.25, 0.3) is 0 Å². The molecule has 7 heteroatoms. The molecule has 0 unspecified atom stereocenters. The van der Waals surface area contributed by atoms with E-state index < -0.39 is 0 Å². The Morgan fingerprint density at radius 3 is 2.55 bits per heavy atom. The second-order valence-corrected chi connectivity index (χ2v) is 7.38. The highest BCUT2D eigenvalue weighted by molar-refractivity contribution is 5.97. The van der Waals surface area contributed by atoms with Crippen molar-refractivity contribution in [3.63, 3.8) is 0 Å². The lowest BCUT2D eigenvalue weighted by atomic mass is 10.1. The summed E-state index contributed by atoms with van der Waals surface area (Å²) in [5.41, 5.74) is 2.37. The molecule has 0 atom stereocenters.